The molecule has 9 heteroatoms. The number of nitrogens with zero attached hydrogens (tertiary/aromatic N) is 4. The molecule has 7 rings (SSSR count). The van der Waals surface area contributed by atoms with Gasteiger partial charge in [-0.15, -0.1) is 0 Å². The number of alkyl halides is 3. The van der Waals surface area contributed by atoms with Crippen LogP contribution in [-0.2, 0) is 11.8 Å². The summed E-state index contributed by atoms with van der Waals surface area (Å²) < 4.78 is 49.1. The van der Waals surface area contributed by atoms with Crippen LogP contribution < -0.4 is 5.56 Å². The Morgan fingerprint density at radius 2 is 1.92 bits per heavy atom. The maximum atomic E-state index is 13.9. The van der Waals surface area contributed by atoms with Gasteiger partial charge in [0, 0.05) is 43.1 Å². The fraction of sp³-hybridized carbons (Fsp3) is 0.556. The Morgan fingerprint density at radius 1 is 1.14 bits per heavy atom. The first-order valence-electron chi connectivity index (χ1n) is 12.6. The van der Waals surface area contributed by atoms with Crippen molar-refractivity contribution in [3.05, 3.63) is 63.2 Å². The molecule has 3 aromatic rings. The molecule has 190 valence electrons. The summed E-state index contributed by atoms with van der Waals surface area (Å²) in [6, 6.07) is 5.84. The van der Waals surface area contributed by atoms with Crippen LogP contribution in [-0.4, -0.2) is 32.3 Å². The summed E-state index contributed by atoms with van der Waals surface area (Å²) in [5.41, 5.74) is 1.92. The molecular formula is C27H29F3N4O2. The molecule has 1 saturated heterocycles. The van der Waals surface area contributed by atoms with Gasteiger partial charge >= 0.3 is 6.18 Å². The van der Waals surface area contributed by atoms with Crippen molar-refractivity contribution in [3.8, 4) is 0 Å². The molecule has 4 aliphatic rings. The first-order chi connectivity index (χ1) is 17.1. The first kappa shape index (κ1) is 23.6. The number of pyridine rings is 2. The topological polar surface area (TPSA) is 69.9 Å². The summed E-state index contributed by atoms with van der Waals surface area (Å²) in [6.45, 7) is 4.26. The van der Waals surface area contributed by atoms with Gasteiger partial charge in [0.15, 0.2) is 0 Å². The van der Waals surface area contributed by atoms with Gasteiger partial charge in [-0.1, -0.05) is 0 Å². The van der Waals surface area contributed by atoms with E-state index in [-0.39, 0.29) is 48.7 Å². The van der Waals surface area contributed by atoms with Crippen molar-refractivity contribution in [3.63, 3.8) is 0 Å². The average Bonchev–Trinajstić information content (AvgIpc) is 3.40. The van der Waals surface area contributed by atoms with Gasteiger partial charge in [-0.25, -0.2) is 4.98 Å². The monoisotopic (exact) mass is 498 g/mol. The zero-order valence-corrected chi connectivity index (χ0v) is 20.6. The summed E-state index contributed by atoms with van der Waals surface area (Å²) in [4.78, 5) is 27.3. The lowest BCUT2D eigenvalue weighted by Crippen LogP contribution is -2.42. The second-order valence-electron chi connectivity index (χ2n) is 10.9. The lowest BCUT2D eigenvalue weighted by atomic mass is 9.68. The molecule has 4 fully saturated rings. The van der Waals surface area contributed by atoms with Gasteiger partial charge < -0.3 is 4.74 Å². The van der Waals surface area contributed by atoms with E-state index in [1.807, 2.05) is 25.1 Å². The van der Waals surface area contributed by atoms with Crippen LogP contribution in [0.15, 0.2) is 29.2 Å². The van der Waals surface area contributed by atoms with Crippen molar-refractivity contribution in [1.29, 1.82) is 0 Å². The molecule has 4 heterocycles. The number of hydrogen-bond donors (Lipinski definition) is 0. The molecule has 3 saturated carbocycles. The highest BCUT2D eigenvalue weighted by Crippen LogP contribution is 2.70. The highest BCUT2D eigenvalue weighted by Gasteiger charge is 2.69. The van der Waals surface area contributed by atoms with E-state index >= 15 is 0 Å². The Bertz CT molecular complexity index is 1410. The largest absolute Gasteiger partial charge is 0.394 e. The summed E-state index contributed by atoms with van der Waals surface area (Å²) in [5.74, 6) is 0.130. The maximum absolute atomic E-state index is 13.9. The van der Waals surface area contributed by atoms with E-state index in [0.29, 0.717) is 35.4 Å². The van der Waals surface area contributed by atoms with E-state index in [2.05, 4.69) is 9.97 Å². The standard InChI is InChI=1S/C27H29F3N4O2/c1-14-8-17(4-6-31-14)22-9-16(5-7-36-22)20-10-21-23(25(35)34(3)15(2)32-21)24(33-20)19-13-26(27(28,29)30)11-18(19)12-26/h4,6,8,10,16,18-19,22H,5,7,9,11-13H2,1-3H3/t16-,18?,19-,22+,26?/m0/s1. The Morgan fingerprint density at radius 3 is 2.61 bits per heavy atom. The van der Waals surface area contributed by atoms with Crippen molar-refractivity contribution in [2.24, 2.45) is 18.4 Å². The van der Waals surface area contributed by atoms with E-state index in [1.54, 1.807) is 20.2 Å². The minimum absolute atomic E-state index is 0.00353. The van der Waals surface area contributed by atoms with E-state index in [0.717, 1.165) is 23.4 Å². The van der Waals surface area contributed by atoms with E-state index in [4.69, 9.17) is 9.72 Å². The van der Waals surface area contributed by atoms with Crippen LogP contribution in [0.4, 0.5) is 13.2 Å². The zero-order chi connectivity index (χ0) is 25.4. The minimum Gasteiger partial charge on any atom is -0.373 e. The Hall–Kier alpha value is -2.81. The number of halogens is 3. The second-order valence-corrected chi connectivity index (χ2v) is 10.9. The predicted molar refractivity (Wildman–Crippen MR) is 128 cm³/mol. The van der Waals surface area contributed by atoms with Gasteiger partial charge in [-0.05, 0) is 75.6 Å². The highest BCUT2D eigenvalue weighted by atomic mass is 19.4. The van der Waals surface area contributed by atoms with E-state index in [9.17, 15) is 18.0 Å². The van der Waals surface area contributed by atoms with Gasteiger partial charge in [0.2, 0.25) is 0 Å². The van der Waals surface area contributed by atoms with Crippen LogP contribution in [0.3, 0.4) is 0 Å². The fourth-order valence-corrected chi connectivity index (χ4v) is 6.63. The SMILES string of the molecule is Cc1cc([C@H]2C[C@@H](c3cc4nc(C)n(C)c(=O)c4c([C@H]4CC5(C(F)(F)F)CC4C5)n3)CCO2)ccn1. The van der Waals surface area contributed by atoms with Gasteiger partial charge in [0.25, 0.3) is 5.56 Å². The molecule has 3 aliphatic carbocycles. The number of fused-ring (bicyclic) bond motifs is 2. The molecule has 3 atom stereocenters. The lowest BCUT2D eigenvalue weighted by Gasteiger charge is -2.39. The number of rotatable bonds is 3. The van der Waals surface area contributed by atoms with Gasteiger partial charge in [0.05, 0.1) is 28.1 Å². The molecule has 0 unspecified atom stereocenters. The number of hydrogen-bond acceptors (Lipinski definition) is 5. The number of ether oxygens (including phenoxy) is 1. The van der Waals surface area contributed by atoms with Crippen LogP contribution in [0.25, 0.3) is 10.9 Å². The Labute approximate surface area is 206 Å². The first-order valence-corrected chi connectivity index (χ1v) is 12.6. The normalized spacial score (nSPS) is 29.9. The van der Waals surface area contributed by atoms with Crippen LogP contribution in [0.1, 0.15) is 78.5 Å². The Kier molecular flexibility index (Phi) is 5.30. The molecular weight excluding hydrogens is 469 g/mol. The number of aryl methyl sites for hydroxylation is 2. The van der Waals surface area contributed by atoms with Crippen LogP contribution >= 0.6 is 0 Å². The predicted octanol–water partition coefficient (Wildman–Crippen LogP) is 5.42. The lowest BCUT2D eigenvalue weighted by molar-refractivity contribution is -0.244. The highest BCUT2D eigenvalue weighted by molar-refractivity contribution is 5.81. The quantitative estimate of drug-likeness (QED) is 0.482. The summed E-state index contributed by atoms with van der Waals surface area (Å²) in [7, 11) is 1.65. The smallest absolute Gasteiger partial charge is 0.373 e. The van der Waals surface area contributed by atoms with Gasteiger partial charge in [0.1, 0.15) is 5.82 Å². The van der Waals surface area contributed by atoms with E-state index in [1.165, 1.54) is 4.57 Å². The molecule has 3 aromatic heterocycles. The van der Waals surface area contributed by atoms with Crippen molar-refractivity contribution in [1.82, 2.24) is 19.5 Å². The van der Waals surface area contributed by atoms with Crippen LogP contribution in [0, 0.1) is 25.2 Å². The zero-order valence-electron chi connectivity index (χ0n) is 20.6. The number of aromatic nitrogens is 4. The van der Waals surface area contributed by atoms with Crippen molar-refractivity contribution in [2.45, 2.75) is 70.1 Å². The minimum atomic E-state index is -4.23. The van der Waals surface area contributed by atoms with Crippen molar-refractivity contribution < 1.29 is 17.9 Å². The molecule has 2 bridgehead atoms. The molecule has 0 spiro atoms. The van der Waals surface area contributed by atoms with Gasteiger partial charge in [-0.3, -0.25) is 19.3 Å². The average molecular weight is 499 g/mol. The molecule has 0 amide bonds. The van der Waals surface area contributed by atoms with Crippen molar-refractivity contribution in [2.75, 3.05) is 6.61 Å². The fourth-order valence-electron chi connectivity index (χ4n) is 6.63. The van der Waals surface area contributed by atoms with Gasteiger partial charge in [-0.2, -0.15) is 13.2 Å². The molecule has 6 nitrogen and oxygen atoms in total. The molecule has 0 N–H and O–H groups in total. The van der Waals surface area contributed by atoms with Crippen molar-refractivity contribution >= 4 is 10.9 Å². The summed E-state index contributed by atoms with van der Waals surface area (Å²) in [5, 5.41) is 0.370. The Balaban J connectivity index is 1.43. The third-order valence-electron chi connectivity index (χ3n) is 8.77. The summed E-state index contributed by atoms with van der Waals surface area (Å²) in [6.07, 6.45) is -0.885. The van der Waals surface area contributed by atoms with Crippen LogP contribution in [0.5, 0.6) is 0 Å². The van der Waals surface area contributed by atoms with Crippen LogP contribution in [0.2, 0.25) is 0 Å². The third kappa shape index (κ3) is 3.57. The molecule has 0 aromatic carbocycles. The molecule has 1 aliphatic heterocycles. The molecule has 0 radical (unpaired) electrons. The second kappa shape index (κ2) is 8.10. The molecule has 36 heavy (non-hydrogen) atoms. The third-order valence-corrected chi connectivity index (χ3v) is 8.77. The van der Waals surface area contributed by atoms with E-state index < -0.39 is 11.6 Å². The summed E-state index contributed by atoms with van der Waals surface area (Å²) >= 11 is 0. The maximum Gasteiger partial charge on any atom is 0.394 e.